The number of hydrogen-bond acceptors (Lipinski definition) is 2. The molecule has 2 N–H and O–H groups in total. The van der Waals surface area contributed by atoms with Crippen LogP contribution < -0.4 is 10.2 Å². The van der Waals surface area contributed by atoms with Crippen molar-refractivity contribution in [3.05, 3.63) is 125 Å². The summed E-state index contributed by atoms with van der Waals surface area (Å²) in [4.78, 5) is 26.3. The molecular weight excluding hydrogens is 472 g/mol. The maximum atomic E-state index is 12.9. The Kier molecular flexibility index (Phi) is 8.73. The van der Waals surface area contributed by atoms with E-state index in [1.807, 2.05) is 103 Å². The summed E-state index contributed by atoms with van der Waals surface area (Å²) in [6, 6.07) is 32.8. The second kappa shape index (κ2) is 12.5. The molecule has 4 rings (SSSR count). The number of amides is 2. The molecule has 0 aliphatic carbocycles. The molecule has 0 bridgehead atoms. The number of carbonyl (C=O) groups excluding carboxylic acids is 1. The number of benzene rings is 4. The van der Waals surface area contributed by atoms with E-state index >= 15 is 0 Å². The molecule has 5 nitrogen and oxygen atoms in total. The Balaban J connectivity index is 1.46. The van der Waals surface area contributed by atoms with E-state index in [2.05, 4.69) is 12.2 Å². The molecule has 38 heavy (non-hydrogen) atoms. The van der Waals surface area contributed by atoms with Crippen LogP contribution in [0.5, 0.6) is 0 Å². The quantitative estimate of drug-likeness (QED) is 0.230. The average Bonchev–Trinajstić information content (AvgIpc) is 2.94. The third-order valence-electron chi connectivity index (χ3n) is 6.38. The fraction of sp³-hybridized carbons (Fsp3) is 0.152. The minimum absolute atomic E-state index is 0.217. The van der Waals surface area contributed by atoms with Gasteiger partial charge in [0.05, 0.1) is 0 Å². The van der Waals surface area contributed by atoms with Crippen LogP contribution in [0.4, 0.5) is 16.2 Å². The molecule has 0 heterocycles. The number of anilines is 2. The maximum Gasteiger partial charge on any atom is 0.331 e. The van der Waals surface area contributed by atoms with Crippen molar-refractivity contribution < 1.29 is 14.7 Å². The summed E-state index contributed by atoms with van der Waals surface area (Å²) in [6.45, 7) is 2.15. The van der Waals surface area contributed by atoms with Crippen molar-refractivity contribution in [2.45, 2.75) is 26.2 Å². The van der Waals surface area contributed by atoms with E-state index in [1.54, 1.807) is 18.0 Å². The summed E-state index contributed by atoms with van der Waals surface area (Å²) in [7, 11) is 1.74. The van der Waals surface area contributed by atoms with Crippen LogP contribution in [0.1, 0.15) is 30.0 Å². The first-order valence-corrected chi connectivity index (χ1v) is 12.7. The first kappa shape index (κ1) is 26.4. The topological polar surface area (TPSA) is 69.6 Å². The first-order valence-electron chi connectivity index (χ1n) is 12.7. The molecule has 2 amide bonds. The van der Waals surface area contributed by atoms with Crippen molar-refractivity contribution in [1.82, 2.24) is 0 Å². The third-order valence-corrected chi connectivity index (χ3v) is 6.38. The number of aryl methyl sites for hydroxylation is 1. The monoisotopic (exact) mass is 504 g/mol. The first-order chi connectivity index (χ1) is 18.4. The van der Waals surface area contributed by atoms with E-state index in [4.69, 9.17) is 0 Å². The van der Waals surface area contributed by atoms with Gasteiger partial charge in [0.15, 0.2) is 0 Å². The summed E-state index contributed by atoms with van der Waals surface area (Å²) in [5.41, 5.74) is 6.82. The molecule has 5 heteroatoms. The van der Waals surface area contributed by atoms with Crippen molar-refractivity contribution in [3.8, 4) is 11.1 Å². The van der Waals surface area contributed by atoms with E-state index in [9.17, 15) is 14.7 Å². The predicted octanol–water partition coefficient (Wildman–Crippen LogP) is 7.69. The highest BCUT2D eigenvalue weighted by atomic mass is 16.4. The molecule has 0 atom stereocenters. The Hall–Kier alpha value is -4.64. The lowest BCUT2D eigenvalue weighted by Gasteiger charge is -2.19. The van der Waals surface area contributed by atoms with Crippen molar-refractivity contribution in [2.24, 2.45) is 0 Å². The third kappa shape index (κ3) is 6.98. The van der Waals surface area contributed by atoms with E-state index in [-0.39, 0.29) is 6.03 Å². The molecular formula is C33H32N2O3. The molecule has 0 unspecified atom stereocenters. The van der Waals surface area contributed by atoms with Gasteiger partial charge in [0.2, 0.25) is 0 Å². The van der Waals surface area contributed by atoms with Gasteiger partial charge in [-0.1, -0.05) is 92.2 Å². The number of nitrogens with one attached hydrogen (secondary N) is 1. The highest BCUT2D eigenvalue weighted by molar-refractivity contribution is 6.01. The molecule has 0 saturated heterocycles. The number of aliphatic carboxylic acids is 1. The molecule has 0 aliphatic heterocycles. The van der Waals surface area contributed by atoms with E-state index in [1.165, 1.54) is 5.56 Å². The summed E-state index contributed by atoms with van der Waals surface area (Å²) in [5.74, 6) is -0.927. The van der Waals surface area contributed by atoms with Gasteiger partial charge in [0.25, 0.3) is 0 Å². The Bertz CT molecular complexity index is 1410. The lowest BCUT2D eigenvalue weighted by molar-refractivity contribution is -0.132. The number of urea groups is 1. The molecule has 0 spiro atoms. The second-order valence-electron chi connectivity index (χ2n) is 9.25. The molecule has 4 aromatic carbocycles. The van der Waals surface area contributed by atoms with Gasteiger partial charge in [0.1, 0.15) is 0 Å². The van der Waals surface area contributed by atoms with Crippen LogP contribution in [0.15, 0.2) is 109 Å². The zero-order chi connectivity index (χ0) is 26.9. The summed E-state index contributed by atoms with van der Waals surface area (Å²) < 4.78 is 0. The minimum atomic E-state index is -0.927. The van der Waals surface area contributed by atoms with Gasteiger partial charge in [-0.3, -0.25) is 4.90 Å². The summed E-state index contributed by atoms with van der Waals surface area (Å²) in [6.07, 6.45) is 4.17. The number of carbonyl (C=O) groups is 2. The Morgan fingerprint density at radius 3 is 2.18 bits per heavy atom. The van der Waals surface area contributed by atoms with Gasteiger partial charge in [-0.05, 0) is 64.6 Å². The largest absolute Gasteiger partial charge is 0.478 e. The summed E-state index contributed by atoms with van der Waals surface area (Å²) >= 11 is 0. The predicted molar refractivity (Wildman–Crippen MR) is 155 cm³/mol. The SMILES string of the molecule is CCCc1ccc(NC(=O)N(C)c2cccc(-c3ccc(/C=C(/Cc4ccccc4)C(=O)O)cc3)c2)cc1. The fourth-order valence-corrected chi connectivity index (χ4v) is 4.24. The number of carboxylic acid groups (broad SMARTS) is 1. The van der Waals surface area contributed by atoms with Gasteiger partial charge in [-0.15, -0.1) is 0 Å². The minimum Gasteiger partial charge on any atom is -0.478 e. The van der Waals surface area contributed by atoms with Crippen LogP contribution in [-0.4, -0.2) is 24.2 Å². The lowest BCUT2D eigenvalue weighted by Crippen LogP contribution is -2.31. The maximum absolute atomic E-state index is 12.9. The van der Waals surface area contributed by atoms with Crippen LogP contribution in [0, 0.1) is 0 Å². The zero-order valence-corrected chi connectivity index (χ0v) is 21.7. The number of carboxylic acids is 1. The van der Waals surface area contributed by atoms with E-state index < -0.39 is 5.97 Å². The molecule has 0 aromatic heterocycles. The van der Waals surface area contributed by atoms with E-state index in [0.717, 1.165) is 46.5 Å². The normalized spacial score (nSPS) is 11.2. The molecule has 0 radical (unpaired) electrons. The number of rotatable bonds is 9. The Morgan fingerprint density at radius 1 is 0.816 bits per heavy atom. The fourth-order valence-electron chi connectivity index (χ4n) is 4.24. The van der Waals surface area contributed by atoms with Gasteiger partial charge in [-0.2, -0.15) is 0 Å². The van der Waals surface area contributed by atoms with Gasteiger partial charge in [0, 0.05) is 30.4 Å². The van der Waals surface area contributed by atoms with Crippen LogP contribution in [0.3, 0.4) is 0 Å². The molecule has 4 aromatic rings. The molecule has 0 saturated carbocycles. The summed E-state index contributed by atoms with van der Waals surface area (Å²) in [5, 5.41) is 12.6. The zero-order valence-electron chi connectivity index (χ0n) is 21.7. The Labute approximate surface area is 224 Å². The number of nitrogens with zero attached hydrogens (tertiary/aromatic N) is 1. The van der Waals surface area contributed by atoms with Crippen molar-refractivity contribution in [1.29, 1.82) is 0 Å². The van der Waals surface area contributed by atoms with Crippen LogP contribution in [-0.2, 0) is 17.6 Å². The lowest BCUT2D eigenvalue weighted by atomic mass is 10.00. The van der Waals surface area contributed by atoms with Crippen LogP contribution in [0.25, 0.3) is 17.2 Å². The van der Waals surface area contributed by atoms with Crippen LogP contribution >= 0.6 is 0 Å². The highest BCUT2D eigenvalue weighted by Crippen LogP contribution is 2.26. The van der Waals surface area contributed by atoms with Crippen molar-refractivity contribution in [3.63, 3.8) is 0 Å². The van der Waals surface area contributed by atoms with Crippen molar-refractivity contribution in [2.75, 3.05) is 17.3 Å². The highest BCUT2D eigenvalue weighted by Gasteiger charge is 2.13. The number of hydrogen-bond donors (Lipinski definition) is 2. The molecule has 192 valence electrons. The average molecular weight is 505 g/mol. The van der Waals surface area contributed by atoms with Crippen LogP contribution in [0.2, 0.25) is 0 Å². The van der Waals surface area contributed by atoms with Gasteiger partial charge < -0.3 is 10.4 Å². The Morgan fingerprint density at radius 2 is 1.53 bits per heavy atom. The van der Waals surface area contributed by atoms with Gasteiger partial charge in [-0.25, -0.2) is 9.59 Å². The standard InChI is InChI=1S/C33H32N2O3/c1-3-8-24-15-19-30(20-16-24)34-33(38)35(2)31-12-7-11-28(23-31)27-17-13-26(14-18-27)22-29(32(36)37)21-25-9-5-4-6-10-25/h4-7,9-20,22-23H,3,8,21H2,1-2H3,(H,34,38)(H,36,37)/b29-22-. The smallest absolute Gasteiger partial charge is 0.331 e. The van der Waals surface area contributed by atoms with E-state index in [0.29, 0.717) is 12.0 Å². The van der Waals surface area contributed by atoms with Crippen molar-refractivity contribution >= 4 is 29.5 Å². The molecule has 0 aliphatic rings. The second-order valence-corrected chi connectivity index (χ2v) is 9.25. The molecule has 0 fully saturated rings. The van der Waals surface area contributed by atoms with Gasteiger partial charge >= 0.3 is 12.0 Å².